The molecule has 1 aromatic heterocycles. The quantitative estimate of drug-likeness (QED) is 0.499. The second-order valence-electron chi connectivity index (χ2n) is 3.38. The molecule has 0 saturated heterocycles. The number of amidine groups is 1. The van der Waals surface area contributed by atoms with E-state index in [9.17, 15) is 0 Å². The summed E-state index contributed by atoms with van der Waals surface area (Å²) in [6.07, 6.45) is 3.45. The highest BCUT2D eigenvalue weighted by atomic mass is 14.7. The van der Waals surface area contributed by atoms with E-state index in [1.165, 1.54) is 10.9 Å². The summed E-state index contributed by atoms with van der Waals surface area (Å²) in [6.45, 7) is 0. The Morgan fingerprint density at radius 2 is 2.14 bits per heavy atom. The topological polar surface area (TPSA) is 65.7 Å². The average molecular weight is 187 g/mol. The zero-order chi connectivity index (χ0) is 9.97. The van der Waals surface area contributed by atoms with Crippen molar-refractivity contribution in [1.29, 1.82) is 5.41 Å². The summed E-state index contributed by atoms with van der Waals surface area (Å²) in [5.74, 6) is 0.246. The maximum absolute atomic E-state index is 7.17. The molecule has 72 valence electrons. The molecule has 3 heteroatoms. The zero-order valence-corrected chi connectivity index (χ0v) is 7.88. The first-order chi connectivity index (χ1) is 6.77. The van der Waals surface area contributed by atoms with Crippen LogP contribution in [0.4, 0.5) is 0 Å². The van der Waals surface area contributed by atoms with Crippen LogP contribution in [0.25, 0.3) is 10.9 Å². The van der Waals surface area contributed by atoms with Gasteiger partial charge < -0.3 is 10.7 Å². The van der Waals surface area contributed by atoms with Crippen LogP contribution in [0, 0.1) is 5.41 Å². The molecule has 1 aromatic carbocycles. The van der Waals surface area contributed by atoms with Crippen LogP contribution in [0.3, 0.4) is 0 Å². The third kappa shape index (κ3) is 1.62. The molecule has 2 aromatic rings. The third-order valence-electron chi connectivity index (χ3n) is 2.34. The fourth-order valence-corrected chi connectivity index (χ4v) is 1.61. The molecule has 0 fully saturated rings. The van der Waals surface area contributed by atoms with Gasteiger partial charge in [0, 0.05) is 23.5 Å². The number of nitrogens with one attached hydrogen (secondary N) is 2. The van der Waals surface area contributed by atoms with Crippen LogP contribution in [0.2, 0.25) is 0 Å². The highest BCUT2D eigenvalue weighted by Crippen LogP contribution is 2.18. The molecule has 0 aliphatic carbocycles. The number of hydrogen-bond acceptors (Lipinski definition) is 1. The van der Waals surface area contributed by atoms with Crippen LogP contribution >= 0.6 is 0 Å². The molecule has 0 aliphatic heterocycles. The minimum atomic E-state index is 0.246. The maximum Gasteiger partial charge on any atom is 0.0908 e. The Bertz CT molecular complexity index is 456. The second-order valence-corrected chi connectivity index (χ2v) is 3.38. The molecule has 14 heavy (non-hydrogen) atoms. The van der Waals surface area contributed by atoms with Crippen LogP contribution in [-0.2, 0) is 6.42 Å². The van der Waals surface area contributed by atoms with Crippen molar-refractivity contribution >= 4 is 16.7 Å². The van der Waals surface area contributed by atoms with Crippen molar-refractivity contribution in [3.63, 3.8) is 0 Å². The lowest BCUT2D eigenvalue weighted by Gasteiger charge is -1.97. The highest BCUT2D eigenvalue weighted by Gasteiger charge is 2.02. The molecule has 0 atom stereocenters. The number of H-pyrrole nitrogens is 1. The fraction of sp³-hybridized carbons (Fsp3) is 0.182. The normalized spacial score (nSPS) is 10.6. The summed E-state index contributed by atoms with van der Waals surface area (Å²) in [4.78, 5) is 3.20. The second kappa shape index (κ2) is 3.54. The summed E-state index contributed by atoms with van der Waals surface area (Å²) in [5.41, 5.74) is 7.70. The summed E-state index contributed by atoms with van der Waals surface area (Å²) in [5, 5.41) is 8.40. The number of aromatic nitrogens is 1. The number of rotatable bonds is 3. The van der Waals surface area contributed by atoms with Crippen molar-refractivity contribution in [2.75, 3.05) is 0 Å². The lowest BCUT2D eigenvalue weighted by atomic mass is 10.1. The zero-order valence-electron chi connectivity index (χ0n) is 7.88. The third-order valence-corrected chi connectivity index (χ3v) is 2.34. The van der Waals surface area contributed by atoms with E-state index < -0.39 is 0 Å². The first-order valence-corrected chi connectivity index (χ1v) is 4.65. The Kier molecular flexibility index (Phi) is 2.23. The van der Waals surface area contributed by atoms with Crippen molar-refractivity contribution in [2.24, 2.45) is 5.73 Å². The molecule has 4 N–H and O–H groups in total. The summed E-state index contributed by atoms with van der Waals surface area (Å²) in [7, 11) is 0. The largest absolute Gasteiger partial charge is 0.388 e. The van der Waals surface area contributed by atoms with E-state index in [2.05, 4.69) is 11.1 Å². The van der Waals surface area contributed by atoms with Crippen molar-refractivity contribution in [1.82, 2.24) is 4.98 Å². The van der Waals surface area contributed by atoms with Gasteiger partial charge in [-0.25, -0.2) is 0 Å². The molecular formula is C11H13N3. The van der Waals surface area contributed by atoms with Crippen molar-refractivity contribution in [2.45, 2.75) is 12.8 Å². The SMILES string of the molecule is N=C(N)CCc1c[nH]c2ccccc12. The number of fused-ring (bicyclic) bond motifs is 1. The number of nitrogens with two attached hydrogens (primary N) is 1. The van der Waals surface area contributed by atoms with E-state index >= 15 is 0 Å². The minimum absolute atomic E-state index is 0.246. The van der Waals surface area contributed by atoms with Gasteiger partial charge in [-0.3, -0.25) is 5.41 Å². The van der Waals surface area contributed by atoms with E-state index in [1.54, 1.807) is 0 Å². The van der Waals surface area contributed by atoms with Gasteiger partial charge in [0.1, 0.15) is 0 Å². The molecular weight excluding hydrogens is 174 g/mol. The molecule has 0 aliphatic rings. The molecule has 0 amide bonds. The van der Waals surface area contributed by atoms with Crippen molar-refractivity contribution in [3.05, 3.63) is 36.0 Å². The van der Waals surface area contributed by atoms with Gasteiger partial charge in [-0.1, -0.05) is 18.2 Å². The number of benzene rings is 1. The Balaban J connectivity index is 2.29. The fourth-order valence-electron chi connectivity index (χ4n) is 1.61. The number of aryl methyl sites for hydroxylation is 1. The summed E-state index contributed by atoms with van der Waals surface area (Å²) >= 11 is 0. The number of aromatic amines is 1. The van der Waals surface area contributed by atoms with Gasteiger partial charge in [0.25, 0.3) is 0 Å². The van der Waals surface area contributed by atoms with E-state index in [0.717, 1.165) is 11.9 Å². The maximum atomic E-state index is 7.17. The van der Waals surface area contributed by atoms with Crippen LogP contribution in [-0.4, -0.2) is 10.8 Å². The van der Waals surface area contributed by atoms with Gasteiger partial charge in [0.2, 0.25) is 0 Å². The monoisotopic (exact) mass is 187 g/mol. The Hall–Kier alpha value is -1.77. The molecule has 2 rings (SSSR count). The van der Waals surface area contributed by atoms with E-state index in [-0.39, 0.29) is 5.84 Å². The van der Waals surface area contributed by atoms with Crippen LogP contribution in [0.1, 0.15) is 12.0 Å². The highest BCUT2D eigenvalue weighted by molar-refractivity contribution is 5.84. The first-order valence-electron chi connectivity index (χ1n) is 4.65. The molecule has 0 saturated carbocycles. The Morgan fingerprint density at radius 1 is 1.36 bits per heavy atom. The molecule has 1 heterocycles. The lowest BCUT2D eigenvalue weighted by molar-refractivity contribution is 1.03. The predicted octanol–water partition coefficient (Wildman–Crippen LogP) is 2.04. The number of para-hydroxylation sites is 1. The molecule has 0 unspecified atom stereocenters. The van der Waals surface area contributed by atoms with Crippen molar-refractivity contribution < 1.29 is 0 Å². The van der Waals surface area contributed by atoms with E-state index in [1.807, 2.05) is 24.4 Å². The van der Waals surface area contributed by atoms with Gasteiger partial charge in [0.15, 0.2) is 0 Å². The Labute approximate surface area is 82.4 Å². The van der Waals surface area contributed by atoms with Gasteiger partial charge in [0.05, 0.1) is 5.84 Å². The summed E-state index contributed by atoms with van der Waals surface area (Å²) in [6, 6.07) is 8.16. The molecule has 3 nitrogen and oxygen atoms in total. The molecule has 0 radical (unpaired) electrons. The van der Waals surface area contributed by atoms with E-state index in [4.69, 9.17) is 11.1 Å². The van der Waals surface area contributed by atoms with E-state index in [0.29, 0.717) is 6.42 Å². The van der Waals surface area contributed by atoms with Gasteiger partial charge in [-0.05, 0) is 18.1 Å². The van der Waals surface area contributed by atoms with Gasteiger partial charge in [-0.15, -0.1) is 0 Å². The number of hydrogen-bond donors (Lipinski definition) is 3. The van der Waals surface area contributed by atoms with Crippen molar-refractivity contribution in [3.8, 4) is 0 Å². The lowest BCUT2D eigenvalue weighted by Crippen LogP contribution is -2.09. The van der Waals surface area contributed by atoms with Gasteiger partial charge in [-0.2, -0.15) is 0 Å². The van der Waals surface area contributed by atoms with Crippen LogP contribution in [0.5, 0.6) is 0 Å². The molecule has 0 spiro atoms. The van der Waals surface area contributed by atoms with Crippen LogP contribution in [0.15, 0.2) is 30.5 Å². The van der Waals surface area contributed by atoms with Gasteiger partial charge >= 0.3 is 0 Å². The van der Waals surface area contributed by atoms with Crippen LogP contribution < -0.4 is 5.73 Å². The molecule has 0 bridgehead atoms. The summed E-state index contributed by atoms with van der Waals surface area (Å²) < 4.78 is 0. The standard InChI is InChI=1S/C11H13N3/c12-11(13)6-5-8-7-14-10-4-2-1-3-9(8)10/h1-4,7,14H,5-6H2,(H3,12,13). The average Bonchev–Trinajstić information content (AvgIpc) is 2.58. The minimum Gasteiger partial charge on any atom is -0.388 e. The Morgan fingerprint density at radius 3 is 2.93 bits per heavy atom. The predicted molar refractivity (Wildman–Crippen MR) is 58.5 cm³/mol. The smallest absolute Gasteiger partial charge is 0.0908 e. The first kappa shape index (κ1) is 8.81.